The van der Waals surface area contributed by atoms with Gasteiger partial charge in [0.1, 0.15) is 0 Å². The van der Waals surface area contributed by atoms with Crippen molar-refractivity contribution in [3.63, 3.8) is 0 Å². The molecule has 0 fully saturated rings. The summed E-state index contributed by atoms with van der Waals surface area (Å²) in [6.07, 6.45) is 1.26. The highest BCUT2D eigenvalue weighted by atomic mass is 32.2. The Kier molecular flexibility index (Phi) is 5.97. The monoisotopic (exact) mass is 260 g/mol. The molecule has 0 saturated carbocycles. The van der Waals surface area contributed by atoms with Gasteiger partial charge in [0.25, 0.3) is 0 Å². The largest absolute Gasteiger partial charge is 0.390 e. The molecule has 1 aromatic rings. The van der Waals surface area contributed by atoms with Crippen LogP contribution in [0.2, 0.25) is 0 Å². The fourth-order valence-corrected chi connectivity index (χ4v) is 2.10. The first-order chi connectivity index (χ1) is 8.04. The summed E-state index contributed by atoms with van der Waals surface area (Å²) in [6.45, 7) is 4.18. The van der Waals surface area contributed by atoms with Crippen molar-refractivity contribution < 1.29 is 14.9 Å². The van der Waals surface area contributed by atoms with E-state index in [0.29, 0.717) is 12.4 Å². The Labute approximate surface area is 106 Å². The van der Waals surface area contributed by atoms with Crippen molar-refractivity contribution in [2.24, 2.45) is 7.05 Å². The lowest BCUT2D eigenvalue weighted by Gasteiger charge is -2.13. The second-order valence-electron chi connectivity index (χ2n) is 4.10. The molecule has 1 unspecified atom stereocenters. The van der Waals surface area contributed by atoms with Crippen molar-refractivity contribution in [2.75, 3.05) is 12.4 Å². The summed E-state index contributed by atoms with van der Waals surface area (Å²) >= 11 is 1.45. The molecule has 0 spiro atoms. The minimum Gasteiger partial charge on any atom is -0.390 e. The van der Waals surface area contributed by atoms with E-state index in [0.717, 1.165) is 10.9 Å². The minimum atomic E-state index is -0.503. The molecule has 1 atom stereocenters. The zero-order chi connectivity index (χ0) is 12.8. The Morgan fingerprint density at radius 1 is 1.53 bits per heavy atom. The number of hydrogen-bond donors (Lipinski definition) is 2. The summed E-state index contributed by atoms with van der Waals surface area (Å²) in [5.74, 6) is 0.530. The van der Waals surface area contributed by atoms with Crippen LogP contribution in [0.4, 0.5) is 0 Å². The molecule has 0 aliphatic carbocycles. The van der Waals surface area contributed by atoms with Crippen molar-refractivity contribution in [3.05, 3.63) is 11.9 Å². The van der Waals surface area contributed by atoms with Gasteiger partial charge in [-0.15, -0.1) is 0 Å². The van der Waals surface area contributed by atoms with Crippen LogP contribution in [-0.2, 0) is 18.4 Å². The number of aliphatic hydroxyl groups is 2. The fraction of sp³-hybridized carbons (Fsp3) is 0.727. The number of hydrogen-bond acceptors (Lipinski definition) is 5. The van der Waals surface area contributed by atoms with E-state index >= 15 is 0 Å². The Morgan fingerprint density at radius 2 is 2.24 bits per heavy atom. The van der Waals surface area contributed by atoms with E-state index in [1.807, 2.05) is 25.5 Å². The van der Waals surface area contributed by atoms with Crippen LogP contribution in [0.25, 0.3) is 0 Å². The highest BCUT2D eigenvalue weighted by Gasteiger charge is 2.10. The minimum absolute atomic E-state index is 0.0247. The molecular formula is C11H20N2O3S. The smallest absolute Gasteiger partial charge is 0.168 e. The van der Waals surface area contributed by atoms with E-state index in [1.165, 1.54) is 11.8 Å². The summed E-state index contributed by atoms with van der Waals surface area (Å²) in [5.41, 5.74) is 0.764. The summed E-state index contributed by atoms with van der Waals surface area (Å²) in [5, 5.41) is 19.5. The van der Waals surface area contributed by atoms with Crippen LogP contribution in [0.1, 0.15) is 19.5 Å². The summed E-state index contributed by atoms with van der Waals surface area (Å²) in [6, 6.07) is 0. The number of thioether (sulfide) groups is 1. The Bertz CT molecular complexity index is 341. The third-order valence-corrected chi connectivity index (χ3v) is 3.42. The summed E-state index contributed by atoms with van der Waals surface area (Å²) < 4.78 is 7.14. The van der Waals surface area contributed by atoms with Gasteiger partial charge >= 0.3 is 0 Å². The highest BCUT2D eigenvalue weighted by Crippen LogP contribution is 2.18. The van der Waals surface area contributed by atoms with E-state index in [4.69, 9.17) is 9.84 Å². The molecule has 0 amide bonds. The maximum atomic E-state index is 9.68. The lowest BCUT2D eigenvalue weighted by Crippen LogP contribution is -2.20. The van der Waals surface area contributed by atoms with Crippen LogP contribution in [-0.4, -0.2) is 44.3 Å². The van der Waals surface area contributed by atoms with Crippen LogP contribution >= 0.6 is 11.8 Å². The number of imidazole rings is 1. The standard InChI is InChI=1S/C11H20N2O3S/c1-8(2)16-6-10(15)7-17-11-12-4-9(5-14)13(11)3/h4,8,10,14-15H,5-7H2,1-3H3. The molecule has 1 aromatic heterocycles. The number of rotatable bonds is 7. The molecule has 0 saturated heterocycles. The average molecular weight is 260 g/mol. The molecule has 5 nitrogen and oxygen atoms in total. The molecule has 1 heterocycles. The Hall–Kier alpha value is -0.560. The van der Waals surface area contributed by atoms with Crippen molar-refractivity contribution in [3.8, 4) is 0 Å². The van der Waals surface area contributed by atoms with Crippen LogP contribution in [0.3, 0.4) is 0 Å². The number of ether oxygens (including phenoxy) is 1. The van der Waals surface area contributed by atoms with Crippen LogP contribution in [0.15, 0.2) is 11.4 Å². The average Bonchev–Trinajstić information content (AvgIpc) is 2.64. The first-order valence-corrected chi connectivity index (χ1v) is 6.57. The Balaban J connectivity index is 2.36. The van der Waals surface area contributed by atoms with Gasteiger partial charge in [0.2, 0.25) is 0 Å². The molecule has 0 aromatic carbocycles. The van der Waals surface area contributed by atoms with Crippen molar-refractivity contribution >= 4 is 11.8 Å². The lowest BCUT2D eigenvalue weighted by molar-refractivity contribution is 0.0152. The topological polar surface area (TPSA) is 67.5 Å². The van der Waals surface area contributed by atoms with Crippen molar-refractivity contribution in [1.82, 2.24) is 9.55 Å². The molecule has 98 valence electrons. The normalized spacial score (nSPS) is 13.3. The molecule has 6 heteroatoms. The molecule has 0 bridgehead atoms. The van der Waals surface area contributed by atoms with Crippen molar-refractivity contribution in [2.45, 2.75) is 37.8 Å². The van der Waals surface area contributed by atoms with E-state index in [1.54, 1.807) is 6.20 Å². The van der Waals surface area contributed by atoms with E-state index in [2.05, 4.69) is 4.98 Å². The third kappa shape index (κ3) is 4.67. The first-order valence-electron chi connectivity index (χ1n) is 5.58. The van der Waals surface area contributed by atoms with Crippen LogP contribution in [0, 0.1) is 0 Å². The highest BCUT2D eigenvalue weighted by molar-refractivity contribution is 7.99. The molecular weight excluding hydrogens is 240 g/mol. The predicted molar refractivity (Wildman–Crippen MR) is 66.9 cm³/mol. The van der Waals surface area contributed by atoms with Gasteiger partial charge in [-0.25, -0.2) is 4.98 Å². The van der Waals surface area contributed by atoms with Gasteiger partial charge in [0, 0.05) is 12.8 Å². The number of aliphatic hydroxyl groups excluding tert-OH is 2. The predicted octanol–water partition coefficient (Wildman–Crippen LogP) is 0.790. The maximum absolute atomic E-state index is 9.68. The molecule has 0 aliphatic rings. The second kappa shape index (κ2) is 7.00. The van der Waals surface area contributed by atoms with Crippen molar-refractivity contribution in [1.29, 1.82) is 0 Å². The number of aromatic nitrogens is 2. The Morgan fingerprint density at radius 3 is 2.76 bits per heavy atom. The maximum Gasteiger partial charge on any atom is 0.168 e. The molecule has 1 rings (SSSR count). The summed E-state index contributed by atoms with van der Waals surface area (Å²) in [7, 11) is 1.85. The zero-order valence-corrected chi connectivity index (χ0v) is 11.3. The van der Waals surface area contributed by atoms with E-state index in [-0.39, 0.29) is 12.7 Å². The van der Waals surface area contributed by atoms with Crippen LogP contribution in [0.5, 0.6) is 0 Å². The fourth-order valence-electron chi connectivity index (χ4n) is 1.23. The van der Waals surface area contributed by atoms with Crippen LogP contribution < -0.4 is 0 Å². The molecule has 0 aliphatic heterocycles. The molecule has 17 heavy (non-hydrogen) atoms. The van der Waals surface area contributed by atoms with Gasteiger partial charge in [-0.05, 0) is 13.8 Å². The quantitative estimate of drug-likeness (QED) is 0.710. The van der Waals surface area contributed by atoms with Gasteiger partial charge in [-0.2, -0.15) is 0 Å². The van der Waals surface area contributed by atoms with E-state index in [9.17, 15) is 5.11 Å². The van der Waals surface area contributed by atoms with Gasteiger partial charge in [0.05, 0.1) is 37.3 Å². The lowest BCUT2D eigenvalue weighted by atomic mass is 10.4. The second-order valence-corrected chi connectivity index (χ2v) is 5.08. The SMILES string of the molecule is CC(C)OCC(O)CSc1ncc(CO)n1C. The van der Waals surface area contributed by atoms with Gasteiger partial charge < -0.3 is 19.5 Å². The summed E-state index contributed by atoms with van der Waals surface area (Å²) in [4.78, 5) is 4.17. The first kappa shape index (κ1) is 14.5. The molecule has 2 N–H and O–H groups in total. The van der Waals surface area contributed by atoms with E-state index < -0.39 is 6.10 Å². The van der Waals surface area contributed by atoms with Gasteiger partial charge in [-0.1, -0.05) is 11.8 Å². The molecule has 0 radical (unpaired) electrons. The van der Waals surface area contributed by atoms with Gasteiger partial charge in [-0.3, -0.25) is 0 Å². The number of nitrogens with zero attached hydrogens (tertiary/aromatic N) is 2. The van der Waals surface area contributed by atoms with Gasteiger partial charge in [0.15, 0.2) is 5.16 Å². The third-order valence-electron chi connectivity index (χ3n) is 2.23. The zero-order valence-electron chi connectivity index (χ0n) is 10.5.